The zero-order valence-corrected chi connectivity index (χ0v) is 10.0. The van der Waals surface area contributed by atoms with Crippen LogP contribution >= 0.6 is 11.3 Å². The molecule has 0 aliphatic rings. The van der Waals surface area contributed by atoms with Crippen molar-refractivity contribution in [1.82, 2.24) is 5.32 Å². The van der Waals surface area contributed by atoms with E-state index in [1.165, 1.54) is 5.00 Å². The van der Waals surface area contributed by atoms with Crippen molar-refractivity contribution in [2.45, 2.75) is 13.8 Å². The highest BCUT2D eigenvalue weighted by atomic mass is 32.1. The van der Waals surface area contributed by atoms with Gasteiger partial charge < -0.3 is 10.6 Å². The Kier molecular flexibility index (Phi) is 4.98. The molecule has 1 heterocycles. The molecule has 0 bridgehead atoms. The average molecular weight is 212 g/mol. The quantitative estimate of drug-likeness (QED) is 0.757. The molecule has 1 aromatic heterocycles. The molecule has 0 radical (unpaired) electrons. The molecular weight excluding hydrogens is 192 g/mol. The van der Waals surface area contributed by atoms with Gasteiger partial charge in [-0.15, -0.1) is 11.3 Å². The van der Waals surface area contributed by atoms with E-state index < -0.39 is 0 Å². The number of nitrogens with one attached hydrogen (secondary N) is 2. The van der Waals surface area contributed by atoms with Gasteiger partial charge in [0.05, 0.1) is 5.00 Å². The van der Waals surface area contributed by atoms with Crippen molar-refractivity contribution in [1.29, 1.82) is 0 Å². The van der Waals surface area contributed by atoms with Crippen molar-refractivity contribution in [3.63, 3.8) is 0 Å². The van der Waals surface area contributed by atoms with Crippen LogP contribution in [0.2, 0.25) is 0 Å². The first kappa shape index (κ1) is 11.5. The molecular formula is C11H20N2S. The first-order valence-electron chi connectivity index (χ1n) is 5.16. The lowest BCUT2D eigenvalue weighted by Crippen LogP contribution is -2.29. The van der Waals surface area contributed by atoms with E-state index in [-0.39, 0.29) is 0 Å². The molecule has 1 unspecified atom stereocenters. The van der Waals surface area contributed by atoms with Gasteiger partial charge >= 0.3 is 0 Å². The van der Waals surface area contributed by atoms with Crippen LogP contribution in [0.3, 0.4) is 0 Å². The SMILES string of the molecule is CNCC(CNc1cccs1)C(C)C. The second-order valence-corrected chi connectivity index (χ2v) is 4.87. The predicted octanol–water partition coefficient (Wildman–Crippen LogP) is 2.65. The van der Waals surface area contributed by atoms with Crippen molar-refractivity contribution in [3.8, 4) is 0 Å². The van der Waals surface area contributed by atoms with Crippen molar-refractivity contribution < 1.29 is 0 Å². The summed E-state index contributed by atoms with van der Waals surface area (Å²) in [6.07, 6.45) is 0. The molecule has 1 aromatic rings. The van der Waals surface area contributed by atoms with Crippen LogP contribution in [0, 0.1) is 11.8 Å². The van der Waals surface area contributed by atoms with Gasteiger partial charge in [0.25, 0.3) is 0 Å². The third-order valence-corrected chi connectivity index (χ3v) is 3.30. The highest BCUT2D eigenvalue weighted by Gasteiger charge is 2.11. The Morgan fingerprint density at radius 3 is 2.64 bits per heavy atom. The van der Waals surface area contributed by atoms with Gasteiger partial charge in [0.1, 0.15) is 0 Å². The Bertz CT molecular complexity index is 231. The van der Waals surface area contributed by atoms with Crippen LogP contribution in [0.1, 0.15) is 13.8 Å². The predicted molar refractivity (Wildman–Crippen MR) is 65.1 cm³/mol. The fraction of sp³-hybridized carbons (Fsp3) is 0.636. The number of hydrogen-bond donors (Lipinski definition) is 2. The van der Waals surface area contributed by atoms with Gasteiger partial charge in [-0.1, -0.05) is 13.8 Å². The highest BCUT2D eigenvalue weighted by molar-refractivity contribution is 7.14. The Balaban J connectivity index is 2.33. The first-order chi connectivity index (χ1) is 6.74. The van der Waals surface area contributed by atoms with Crippen LogP contribution in [0.25, 0.3) is 0 Å². The molecule has 14 heavy (non-hydrogen) atoms. The molecule has 2 N–H and O–H groups in total. The van der Waals surface area contributed by atoms with Crippen LogP contribution in [0.4, 0.5) is 5.00 Å². The summed E-state index contributed by atoms with van der Waals surface area (Å²) in [5.41, 5.74) is 0. The van der Waals surface area contributed by atoms with E-state index in [0.717, 1.165) is 19.0 Å². The Labute approximate surface area is 90.7 Å². The lowest BCUT2D eigenvalue weighted by atomic mass is 9.96. The standard InChI is InChI=1S/C11H20N2S/c1-9(2)10(7-12-3)8-13-11-5-4-6-14-11/h4-6,9-10,12-13H,7-8H2,1-3H3. The third kappa shape index (κ3) is 3.68. The topological polar surface area (TPSA) is 24.1 Å². The summed E-state index contributed by atoms with van der Waals surface area (Å²) in [5.74, 6) is 1.41. The summed E-state index contributed by atoms with van der Waals surface area (Å²) in [4.78, 5) is 0. The third-order valence-electron chi connectivity index (χ3n) is 2.47. The van der Waals surface area contributed by atoms with Crippen LogP contribution < -0.4 is 10.6 Å². The zero-order chi connectivity index (χ0) is 10.4. The van der Waals surface area contributed by atoms with Crippen molar-refractivity contribution in [2.24, 2.45) is 11.8 Å². The van der Waals surface area contributed by atoms with Gasteiger partial charge in [-0.2, -0.15) is 0 Å². The first-order valence-corrected chi connectivity index (χ1v) is 6.04. The van der Waals surface area contributed by atoms with Gasteiger partial charge in [0.15, 0.2) is 0 Å². The molecule has 0 aromatic carbocycles. The van der Waals surface area contributed by atoms with Gasteiger partial charge in [-0.05, 0) is 42.9 Å². The molecule has 0 saturated carbocycles. The second-order valence-electron chi connectivity index (χ2n) is 3.92. The van der Waals surface area contributed by atoms with E-state index in [1.54, 1.807) is 11.3 Å². The molecule has 0 spiro atoms. The van der Waals surface area contributed by atoms with Crippen molar-refractivity contribution in [2.75, 3.05) is 25.5 Å². The van der Waals surface area contributed by atoms with E-state index in [9.17, 15) is 0 Å². The van der Waals surface area contributed by atoms with Crippen molar-refractivity contribution in [3.05, 3.63) is 17.5 Å². The number of rotatable bonds is 6. The minimum atomic E-state index is 0.696. The van der Waals surface area contributed by atoms with Gasteiger partial charge in [0.2, 0.25) is 0 Å². The molecule has 80 valence electrons. The minimum absolute atomic E-state index is 0.696. The van der Waals surface area contributed by atoms with E-state index in [1.807, 2.05) is 7.05 Å². The van der Waals surface area contributed by atoms with Gasteiger partial charge in [-0.3, -0.25) is 0 Å². The van der Waals surface area contributed by atoms with Crippen LogP contribution in [-0.2, 0) is 0 Å². The summed E-state index contributed by atoms with van der Waals surface area (Å²) < 4.78 is 0. The normalized spacial score (nSPS) is 13.1. The van der Waals surface area contributed by atoms with E-state index in [4.69, 9.17) is 0 Å². The van der Waals surface area contributed by atoms with E-state index >= 15 is 0 Å². The van der Waals surface area contributed by atoms with Crippen LogP contribution in [0.5, 0.6) is 0 Å². The Hall–Kier alpha value is -0.540. The largest absolute Gasteiger partial charge is 0.377 e. The molecule has 0 aliphatic carbocycles. The second kappa shape index (κ2) is 6.04. The summed E-state index contributed by atoms with van der Waals surface area (Å²) in [5, 5.41) is 10.1. The minimum Gasteiger partial charge on any atom is -0.377 e. The number of hydrogen-bond acceptors (Lipinski definition) is 3. The molecule has 0 aliphatic heterocycles. The summed E-state index contributed by atoms with van der Waals surface area (Å²) in [6.45, 7) is 6.69. The molecule has 1 atom stereocenters. The molecule has 3 heteroatoms. The summed E-state index contributed by atoms with van der Waals surface area (Å²) >= 11 is 1.76. The summed E-state index contributed by atoms with van der Waals surface area (Å²) in [7, 11) is 2.01. The molecule has 2 nitrogen and oxygen atoms in total. The Morgan fingerprint density at radius 1 is 1.36 bits per heavy atom. The number of thiophene rings is 1. The average Bonchev–Trinajstić information content (AvgIpc) is 2.64. The lowest BCUT2D eigenvalue weighted by molar-refractivity contribution is 0.391. The van der Waals surface area contributed by atoms with Crippen LogP contribution in [-0.4, -0.2) is 20.1 Å². The van der Waals surface area contributed by atoms with Crippen LogP contribution in [0.15, 0.2) is 17.5 Å². The lowest BCUT2D eigenvalue weighted by Gasteiger charge is -2.20. The fourth-order valence-corrected chi connectivity index (χ4v) is 2.04. The summed E-state index contributed by atoms with van der Waals surface area (Å²) in [6, 6.07) is 4.21. The van der Waals surface area contributed by atoms with E-state index in [0.29, 0.717) is 5.92 Å². The smallest absolute Gasteiger partial charge is 0.0882 e. The monoisotopic (exact) mass is 212 g/mol. The van der Waals surface area contributed by atoms with Crippen molar-refractivity contribution >= 4 is 16.3 Å². The maximum absolute atomic E-state index is 3.47. The molecule has 0 fully saturated rings. The maximum Gasteiger partial charge on any atom is 0.0882 e. The van der Waals surface area contributed by atoms with E-state index in [2.05, 4.69) is 42.0 Å². The fourth-order valence-electron chi connectivity index (χ4n) is 1.42. The zero-order valence-electron chi connectivity index (χ0n) is 9.21. The Morgan fingerprint density at radius 2 is 2.14 bits per heavy atom. The molecule has 1 rings (SSSR count). The maximum atomic E-state index is 3.47. The molecule has 0 saturated heterocycles. The van der Waals surface area contributed by atoms with Gasteiger partial charge in [0, 0.05) is 6.54 Å². The highest BCUT2D eigenvalue weighted by Crippen LogP contribution is 2.17. The molecule has 0 amide bonds. The van der Waals surface area contributed by atoms with Gasteiger partial charge in [-0.25, -0.2) is 0 Å². The number of anilines is 1.